The zero-order valence-corrected chi connectivity index (χ0v) is 17.8. The molecule has 0 bridgehead atoms. The fraction of sp³-hybridized carbons (Fsp3) is 0.348. The van der Waals surface area contributed by atoms with Gasteiger partial charge in [0.25, 0.3) is 0 Å². The Morgan fingerprint density at radius 2 is 1.78 bits per heavy atom. The average molecular weight is 447 g/mol. The molecule has 0 saturated heterocycles. The monoisotopic (exact) mass is 447 g/mol. The number of carbonyl (C=O) groups excluding carboxylic acids is 3. The van der Waals surface area contributed by atoms with Crippen molar-refractivity contribution in [1.82, 2.24) is 15.5 Å². The molecule has 0 fully saturated rings. The molecule has 0 spiro atoms. The van der Waals surface area contributed by atoms with E-state index in [4.69, 9.17) is 0 Å². The lowest BCUT2D eigenvalue weighted by Crippen LogP contribution is -2.49. The van der Waals surface area contributed by atoms with Gasteiger partial charge in [-0.3, -0.25) is 14.4 Å². The molecule has 3 amide bonds. The summed E-state index contributed by atoms with van der Waals surface area (Å²) < 4.78 is 40.3. The Kier molecular flexibility index (Phi) is 7.17. The first-order valence-electron chi connectivity index (χ1n) is 10.3. The molecule has 0 aromatic heterocycles. The Morgan fingerprint density at radius 3 is 2.44 bits per heavy atom. The number of hydrogen-bond acceptors (Lipinski definition) is 3. The summed E-state index contributed by atoms with van der Waals surface area (Å²) in [7, 11) is 0. The van der Waals surface area contributed by atoms with E-state index in [0.29, 0.717) is 36.7 Å². The number of fused-ring (bicyclic) bond motifs is 1. The normalized spacial score (nSPS) is 16.7. The number of likely N-dealkylation sites (N-methyl/N-ethyl adjacent to an activating group) is 1. The SMILES string of the molecule is CCN1CCc2cc(F)ccc2[C@H](NC(=O)[C@H](C)NC(=O)Cc2cc(F)cc(F)c2)C1=O. The second-order valence-electron chi connectivity index (χ2n) is 7.70. The summed E-state index contributed by atoms with van der Waals surface area (Å²) in [6.07, 6.45) is 0.135. The number of nitrogens with zero attached hydrogens (tertiary/aromatic N) is 1. The van der Waals surface area contributed by atoms with Gasteiger partial charge in [0.15, 0.2) is 0 Å². The summed E-state index contributed by atoms with van der Waals surface area (Å²) in [5.74, 6) is -3.58. The standard InChI is InChI=1S/C23H24F3N3O3/c1-3-29-7-6-15-11-16(24)4-5-19(15)21(23(29)32)28-22(31)13(2)27-20(30)10-14-8-17(25)12-18(26)9-14/h4-5,8-9,11-13,21H,3,6-7,10H2,1-2H3,(H,27,30)(H,28,31)/t13-,21-/m0/s1. The van der Waals surface area contributed by atoms with Gasteiger partial charge in [0.05, 0.1) is 6.42 Å². The molecular formula is C23H24F3N3O3. The number of rotatable bonds is 6. The van der Waals surface area contributed by atoms with Gasteiger partial charge in [0.1, 0.15) is 29.5 Å². The van der Waals surface area contributed by atoms with Crippen LogP contribution in [0.3, 0.4) is 0 Å². The van der Waals surface area contributed by atoms with Crippen molar-refractivity contribution in [2.45, 2.75) is 38.8 Å². The summed E-state index contributed by atoms with van der Waals surface area (Å²) in [5.41, 5.74) is 1.26. The van der Waals surface area contributed by atoms with Gasteiger partial charge in [-0.2, -0.15) is 0 Å². The van der Waals surface area contributed by atoms with E-state index in [0.717, 1.165) is 12.1 Å². The molecule has 1 heterocycles. The van der Waals surface area contributed by atoms with Crippen molar-refractivity contribution in [1.29, 1.82) is 0 Å². The first-order chi connectivity index (χ1) is 15.2. The van der Waals surface area contributed by atoms with Crippen molar-refractivity contribution in [2.75, 3.05) is 13.1 Å². The van der Waals surface area contributed by atoms with Gasteiger partial charge in [0, 0.05) is 19.2 Å². The second-order valence-corrected chi connectivity index (χ2v) is 7.70. The summed E-state index contributed by atoms with van der Waals surface area (Å²) in [6, 6.07) is 4.80. The molecule has 3 rings (SSSR count). The van der Waals surface area contributed by atoms with Crippen LogP contribution in [0.4, 0.5) is 13.2 Å². The molecule has 0 saturated carbocycles. The molecule has 2 aromatic carbocycles. The van der Waals surface area contributed by atoms with Crippen LogP contribution in [0, 0.1) is 17.5 Å². The summed E-state index contributed by atoms with van der Waals surface area (Å²) in [4.78, 5) is 39.5. The predicted molar refractivity (Wildman–Crippen MR) is 111 cm³/mol. The second kappa shape index (κ2) is 9.84. The van der Waals surface area contributed by atoms with Crippen LogP contribution in [0.1, 0.15) is 36.6 Å². The minimum Gasteiger partial charge on any atom is -0.344 e. The minimum atomic E-state index is -1.02. The van der Waals surface area contributed by atoms with Crippen LogP contribution >= 0.6 is 0 Å². The van der Waals surface area contributed by atoms with Gasteiger partial charge in [-0.1, -0.05) is 6.07 Å². The maximum absolute atomic E-state index is 13.7. The Morgan fingerprint density at radius 1 is 1.09 bits per heavy atom. The van der Waals surface area contributed by atoms with E-state index in [-0.39, 0.29) is 17.9 Å². The third-order valence-corrected chi connectivity index (χ3v) is 5.35. The summed E-state index contributed by atoms with van der Waals surface area (Å²) >= 11 is 0. The van der Waals surface area contributed by atoms with E-state index in [2.05, 4.69) is 10.6 Å². The van der Waals surface area contributed by atoms with Crippen molar-refractivity contribution in [3.05, 3.63) is 70.5 Å². The first-order valence-corrected chi connectivity index (χ1v) is 10.3. The lowest BCUT2D eigenvalue weighted by molar-refractivity contribution is -0.137. The van der Waals surface area contributed by atoms with Crippen LogP contribution < -0.4 is 10.6 Å². The van der Waals surface area contributed by atoms with Crippen molar-refractivity contribution in [3.8, 4) is 0 Å². The van der Waals surface area contributed by atoms with Gasteiger partial charge in [-0.25, -0.2) is 13.2 Å². The first kappa shape index (κ1) is 23.3. The third kappa shape index (κ3) is 5.46. The lowest BCUT2D eigenvalue weighted by atomic mass is 9.98. The molecule has 32 heavy (non-hydrogen) atoms. The largest absolute Gasteiger partial charge is 0.344 e. The number of hydrogen-bond donors (Lipinski definition) is 2. The van der Waals surface area contributed by atoms with Gasteiger partial charge in [-0.15, -0.1) is 0 Å². The Labute approximate surface area is 183 Å². The number of nitrogens with one attached hydrogen (secondary N) is 2. The van der Waals surface area contributed by atoms with Gasteiger partial charge in [0.2, 0.25) is 17.7 Å². The zero-order chi connectivity index (χ0) is 23.4. The molecule has 6 nitrogen and oxygen atoms in total. The number of carbonyl (C=O) groups is 3. The fourth-order valence-corrected chi connectivity index (χ4v) is 3.73. The molecule has 170 valence electrons. The Balaban J connectivity index is 1.71. The zero-order valence-electron chi connectivity index (χ0n) is 17.8. The van der Waals surface area contributed by atoms with Gasteiger partial charge in [-0.05, 0) is 61.2 Å². The molecule has 0 radical (unpaired) electrons. The summed E-state index contributed by atoms with van der Waals surface area (Å²) in [5, 5.41) is 5.11. The molecule has 2 aromatic rings. The van der Waals surface area contributed by atoms with Crippen molar-refractivity contribution < 1.29 is 27.6 Å². The predicted octanol–water partition coefficient (Wildman–Crippen LogP) is 2.41. The highest BCUT2D eigenvalue weighted by atomic mass is 19.1. The molecule has 2 atom stereocenters. The van der Waals surface area contributed by atoms with E-state index in [1.807, 2.05) is 6.92 Å². The topological polar surface area (TPSA) is 78.5 Å². The fourth-order valence-electron chi connectivity index (χ4n) is 3.73. The Bertz CT molecular complexity index is 1020. The maximum atomic E-state index is 13.7. The number of halogens is 3. The van der Waals surface area contributed by atoms with E-state index < -0.39 is 41.3 Å². The minimum absolute atomic E-state index is 0.126. The smallest absolute Gasteiger partial charge is 0.249 e. The highest BCUT2D eigenvalue weighted by Crippen LogP contribution is 2.26. The molecule has 2 N–H and O–H groups in total. The van der Waals surface area contributed by atoms with Gasteiger partial charge >= 0.3 is 0 Å². The molecule has 0 unspecified atom stereocenters. The van der Waals surface area contributed by atoms with Crippen molar-refractivity contribution in [2.24, 2.45) is 0 Å². The van der Waals surface area contributed by atoms with Crippen molar-refractivity contribution in [3.63, 3.8) is 0 Å². The van der Waals surface area contributed by atoms with Crippen LogP contribution in [0.2, 0.25) is 0 Å². The highest BCUT2D eigenvalue weighted by Gasteiger charge is 2.32. The van der Waals surface area contributed by atoms with Crippen molar-refractivity contribution >= 4 is 17.7 Å². The van der Waals surface area contributed by atoms with Crippen LogP contribution in [-0.4, -0.2) is 41.8 Å². The summed E-state index contributed by atoms with van der Waals surface area (Å²) in [6.45, 7) is 4.07. The Hall–Kier alpha value is -3.36. The lowest BCUT2D eigenvalue weighted by Gasteiger charge is -2.25. The molecular weight excluding hydrogens is 423 g/mol. The average Bonchev–Trinajstić information content (AvgIpc) is 2.83. The van der Waals surface area contributed by atoms with Crippen LogP contribution in [-0.2, 0) is 27.2 Å². The molecule has 0 aliphatic carbocycles. The maximum Gasteiger partial charge on any atom is 0.249 e. The number of amides is 3. The van der Waals surface area contributed by atoms with E-state index in [1.165, 1.54) is 25.1 Å². The molecule has 1 aliphatic rings. The van der Waals surface area contributed by atoms with Crippen LogP contribution in [0.15, 0.2) is 36.4 Å². The number of benzene rings is 2. The third-order valence-electron chi connectivity index (χ3n) is 5.35. The molecule has 1 aliphatic heterocycles. The highest BCUT2D eigenvalue weighted by molar-refractivity contribution is 5.93. The van der Waals surface area contributed by atoms with Crippen LogP contribution in [0.25, 0.3) is 0 Å². The molecule has 9 heteroatoms. The quantitative estimate of drug-likeness (QED) is 0.714. The van der Waals surface area contributed by atoms with Crippen LogP contribution in [0.5, 0.6) is 0 Å². The van der Waals surface area contributed by atoms with Gasteiger partial charge < -0.3 is 15.5 Å². The van der Waals surface area contributed by atoms with E-state index >= 15 is 0 Å². The van der Waals surface area contributed by atoms with E-state index in [1.54, 1.807) is 4.90 Å². The van der Waals surface area contributed by atoms with E-state index in [9.17, 15) is 27.6 Å².